The zero-order valence-corrected chi connectivity index (χ0v) is 19.4. The van der Waals surface area contributed by atoms with E-state index in [2.05, 4.69) is 42.3 Å². The highest BCUT2D eigenvalue weighted by molar-refractivity contribution is 5.91. The average molecular weight is 448 g/mol. The summed E-state index contributed by atoms with van der Waals surface area (Å²) in [6.45, 7) is 9.61. The third kappa shape index (κ3) is 5.15. The lowest BCUT2D eigenvalue weighted by Gasteiger charge is -2.41. The summed E-state index contributed by atoms with van der Waals surface area (Å²) in [5.74, 6) is 0.394. The average Bonchev–Trinajstić information content (AvgIpc) is 3.33. The van der Waals surface area contributed by atoms with Crippen molar-refractivity contribution in [2.45, 2.75) is 44.8 Å². The van der Waals surface area contributed by atoms with Gasteiger partial charge in [0.05, 0.1) is 0 Å². The Hall–Kier alpha value is -3.03. The molecule has 0 bridgehead atoms. The van der Waals surface area contributed by atoms with Gasteiger partial charge in [0.1, 0.15) is 12.1 Å². The number of hydrogen-bond acceptors (Lipinski definition) is 5. The monoisotopic (exact) mass is 447 g/mol. The highest BCUT2D eigenvalue weighted by Gasteiger charge is 2.41. The molecule has 0 aliphatic carbocycles. The number of hydrazine groups is 1. The Kier molecular flexibility index (Phi) is 7.20. The van der Waals surface area contributed by atoms with Gasteiger partial charge in [-0.15, -0.1) is 6.58 Å². The van der Waals surface area contributed by atoms with E-state index in [0.717, 1.165) is 23.1 Å². The SMILES string of the molecule is C=CCN1CCN(C(=O)C2CC(C(C)C)NN2)C(Cc2cccc(-c3cccnc3)c2)C1=O. The van der Waals surface area contributed by atoms with E-state index in [1.54, 1.807) is 22.1 Å². The van der Waals surface area contributed by atoms with Crippen molar-refractivity contribution in [3.8, 4) is 11.1 Å². The second-order valence-electron chi connectivity index (χ2n) is 9.19. The number of aromatic nitrogens is 1. The molecule has 2 saturated heterocycles. The molecule has 7 heteroatoms. The first-order valence-electron chi connectivity index (χ1n) is 11.7. The molecule has 3 atom stereocenters. The maximum absolute atomic E-state index is 13.5. The van der Waals surface area contributed by atoms with E-state index in [0.29, 0.717) is 32.0 Å². The summed E-state index contributed by atoms with van der Waals surface area (Å²) in [5, 5.41) is 0. The van der Waals surface area contributed by atoms with Crippen LogP contribution in [0, 0.1) is 5.92 Å². The predicted molar refractivity (Wildman–Crippen MR) is 129 cm³/mol. The van der Waals surface area contributed by atoms with Gasteiger partial charge in [-0.05, 0) is 35.1 Å². The lowest BCUT2D eigenvalue weighted by Crippen LogP contribution is -2.62. The summed E-state index contributed by atoms with van der Waals surface area (Å²) < 4.78 is 0. The van der Waals surface area contributed by atoms with E-state index < -0.39 is 6.04 Å². The van der Waals surface area contributed by atoms with Crippen LogP contribution in [0.1, 0.15) is 25.8 Å². The molecule has 3 unspecified atom stereocenters. The minimum Gasteiger partial charge on any atom is -0.335 e. The number of nitrogens with one attached hydrogen (secondary N) is 2. The van der Waals surface area contributed by atoms with Gasteiger partial charge in [0.15, 0.2) is 0 Å². The van der Waals surface area contributed by atoms with Gasteiger partial charge < -0.3 is 9.80 Å². The van der Waals surface area contributed by atoms with Crippen LogP contribution >= 0.6 is 0 Å². The lowest BCUT2D eigenvalue weighted by molar-refractivity contribution is -0.152. The summed E-state index contributed by atoms with van der Waals surface area (Å²) in [6.07, 6.45) is 6.52. The number of carbonyl (C=O) groups excluding carboxylic acids is 2. The van der Waals surface area contributed by atoms with Gasteiger partial charge in [-0.3, -0.25) is 20.0 Å². The summed E-state index contributed by atoms with van der Waals surface area (Å²) in [7, 11) is 0. The standard InChI is InChI=1S/C26H33N5O2/c1-4-11-30-12-13-31(25(32)23-16-22(18(2)3)28-29-23)24(26(30)33)15-19-7-5-8-20(14-19)21-9-6-10-27-17-21/h4-10,14,17-18,22-24,28-29H,1,11-13,15-16H2,2-3H3. The quantitative estimate of drug-likeness (QED) is 0.638. The van der Waals surface area contributed by atoms with Crippen molar-refractivity contribution in [2.75, 3.05) is 19.6 Å². The zero-order chi connectivity index (χ0) is 23.4. The largest absolute Gasteiger partial charge is 0.335 e. The molecule has 0 radical (unpaired) electrons. The van der Waals surface area contributed by atoms with Gasteiger partial charge in [-0.1, -0.05) is 50.3 Å². The number of pyridine rings is 1. The van der Waals surface area contributed by atoms with Crippen molar-refractivity contribution in [1.82, 2.24) is 25.6 Å². The van der Waals surface area contributed by atoms with Gasteiger partial charge in [-0.2, -0.15) is 0 Å². The van der Waals surface area contributed by atoms with Crippen molar-refractivity contribution in [3.05, 3.63) is 67.0 Å². The van der Waals surface area contributed by atoms with Crippen LogP contribution in [0.4, 0.5) is 0 Å². The molecule has 2 amide bonds. The van der Waals surface area contributed by atoms with Crippen LogP contribution in [0.2, 0.25) is 0 Å². The zero-order valence-electron chi connectivity index (χ0n) is 19.4. The molecule has 7 nitrogen and oxygen atoms in total. The topological polar surface area (TPSA) is 77.6 Å². The van der Waals surface area contributed by atoms with E-state index in [-0.39, 0.29) is 23.9 Å². The van der Waals surface area contributed by atoms with Gasteiger partial charge in [0.25, 0.3) is 0 Å². The Morgan fingerprint density at radius 2 is 2.03 bits per heavy atom. The maximum Gasteiger partial charge on any atom is 0.246 e. The first-order chi connectivity index (χ1) is 16.0. The first-order valence-corrected chi connectivity index (χ1v) is 11.7. The Balaban J connectivity index is 1.57. The predicted octanol–water partition coefficient (Wildman–Crippen LogP) is 2.41. The van der Waals surface area contributed by atoms with Crippen LogP contribution in [-0.2, 0) is 16.0 Å². The Labute approximate surface area is 195 Å². The fourth-order valence-corrected chi connectivity index (χ4v) is 4.65. The smallest absolute Gasteiger partial charge is 0.246 e. The Morgan fingerprint density at radius 1 is 1.21 bits per heavy atom. The van der Waals surface area contributed by atoms with Crippen LogP contribution in [0.25, 0.3) is 11.1 Å². The molecule has 3 heterocycles. The number of hydrogen-bond donors (Lipinski definition) is 2. The molecule has 2 aliphatic rings. The third-order valence-corrected chi connectivity index (χ3v) is 6.60. The van der Waals surface area contributed by atoms with Crippen LogP contribution in [0.15, 0.2) is 61.4 Å². The minimum absolute atomic E-state index is 0.00864. The van der Waals surface area contributed by atoms with E-state index in [4.69, 9.17) is 0 Å². The van der Waals surface area contributed by atoms with E-state index in [9.17, 15) is 9.59 Å². The normalized spacial score (nSPS) is 23.2. The fourth-order valence-electron chi connectivity index (χ4n) is 4.65. The summed E-state index contributed by atoms with van der Waals surface area (Å²) in [5.41, 5.74) is 9.50. The fraction of sp³-hybridized carbons (Fsp3) is 0.423. The van der Waals surface area contributed by atoms with Crippen molar-refractivity contribution in [3.63, 3.8) is 0 Å². The highest BCUT2D eigenvalue weighted by atomic mass is 16.2. The number of nitrogens with zero attached hydrogens (tertiary/aromatic N) is 3. The molecule has 4 rings (SSSR count). The molecule has 2 aliphatic heterocycles. The molecule has 2 aromatic rings. The molecule has 0 spiro atoms. The molecule has 1 aromatic carbocycles. The van der Waals surface area contributed by atoms with Gasteiger partial charge in [-0.25, -0.2) is 5.43 Å². The molecule has 33 heavy (non-hydrogen) atoms. The minimum atomic E-state index is -0.532. The van der Waals surface area contributed by atoms with E-state index >= 15 is 0 Å². The summed E-state index contributed by atoms with van der Waals surface area (Å²) in [6, 6.07) is 11.5. The van der Waals surface area contributed by atoms with E-state index in [1.807, 2.05) is 36.5 Å². The highest BCUT2D eigenvalue weighted by Crippen LogP contribution is 2.24. The van der Waals surface area contributed by atoms with Crippen LogP contribution in [0.3, 0.4) is 0 Å². The summed E-state index contributed by atoms with van der Waals surface area (Å²) in [4.78, 5) is 34.7. The molecule has 0 saturated carbocycles. The van der Waals surface area contributed by atoms with Crippen LogP contribution in [0.5, 0.6) is 0 Å². The number of benzene rings is 1. The number of carbonyl (C=O) groups is 2. The number of amides is 2. The molecule has 1 aromatic heterocycles. The van der Waals surface area contributed by atoms with Crippen LogP contribution < -0.4 is 10.9 Å². The second kappa shape index (κ2) is 10.3. The van der Waals surface area contributed by atoms with Crippen molar-refractivity contribution >= 4 is 11.8 Å². The second-order valence-corrected chi connectivity index (χ2v) is 9.19. The number of piperazine rings is 1. The molecule has 2 fully saturated rings. The molecule has 2 N–H and O–H groups in total. The molecule has 174 valence electrons. The van der Waals surface area contributed by atoms with Crippen LogP contribution in [-0.4, -0.2) is 64.4 Å². The van der Waals surface area contributed by atoms with Gasteiger partial charge in [0, 0.05) is 44.5 Å². The van der Waals surface area contributed by atoms with Crippen molar-refractivity contribution < 1.29 is 9.59 Å². The van der Waals surface area contributed by atoms with Crippen molar-refractivity contribution in [1.29, 1.82) is 0 Å². The third-order valence-electron chi connectivity index (χ3n) is 6.60. The first kappa shape index (κ1) is 23.1. The van der Waals surface area contributed by atoms with Gasteiger partial charge in [0.2, 0.25) is 11.8 Å². The Morgan fingerprint density at radius 3 is 2.73 bits per heavy atom. The lowest BCUT2D eigenvalue weighted by atomic mass is 9.95. The number of rotatable bonds is 7. The molecular formula is C26H33N5O2. The van der Waals surface area contributed by atoms with E-state index in [1.165, 1.54) is 0 Å². The van der Waals surface area contributed by atoms with Gasteiger partial charge >= 0.3 is 0 Å². The molecular weight excluding hydrogens is 414 g/mol. The maximum atomic E-state index is 13.5. The summed E-state index contributed by atoms with van der Waals surface area (Å²) >= 11 is 0. The Bertz CT molecular complexity index is 993. The van der Waals surface area contributed by atoms with Crippen molar-refractivity contribution in [2.24, 2.45) is 5.92 Å².